The van der Waals surface area contributed by atoms with Gasteiger partial charge in [0.2, 0.25) is 0 Å². The molecule has 0 amide bonds. The number of nitriles is 1. The second kappa shape index (κ2) is 10.0. The number of ether oxygens (including phenoxy) is 1. The van der Waals surface area contributed by atoms with Crippen molar-refractivity contribution >= 4 is 11.3 Å². The highest BCUT2D eigenvalue weighted by atomic mass is 32.1. The molecule has 0 saturated carbocycles. The topological polar surface area (TPSA) is 45.9 Å². The number of nitrogens with zero attached hydrogens (tertiary/aromatic N) is 2. The Labute approximate surface area is 143 Å². The molecule has 0 spiro atoms. The van der Waals surface area contributed by atoms with Crippen LogP contribution in [0.5, 0.6) is 5.06 Å². The number of hydrogen-bond donors (Lipinski definition) is 0. The maximum Gasteiger partial charge on any atom is 0.194 e. The highest BCUT2D eigenvalue weighted by molar-refractivity contribution is 7.16. The fourth-order valence-electron chi connectivity index (χ4n) is 2.45. The predicted octanol–water partition coefficient (Wildman–Crippen LogP) is 5.81. The normalized spacial score (nSPS) is 10.4. The van der Waals surface area contributed by atoms with Crippen molar-refractivity contribution in [1.82, 2.24) is 4.98 Å². The average Bonchev–Trinajstić information content (AvgIpc) is 3.06. The van der Waals surface area contributed by atoms with Crippen molar-refractivity contribution in [2.45, 2.75) is 51.9 Å². The SMILES string of the molecule is CCCCCCCCCOc1cnc(-c2ccccc2C#N)s1. The number of benzene rings is 1. The Hall–Kier alpha value is -1.86. The second-order valence-electron chi connectivity index (χ2n) is 5.61. The molecule has 0 saturated heterocycles. The predicted molar refractivity (Wildman–Crippen MR) is 95.8 cm³/mol. The molecule has 0 aliphatic heterocycles. The van der Waals surface area contributed by atoms with Crippen molar-refractivity contribution in [3.05, 3.63) is 36.0 Å². The molecule has 0 bridgehead atoms. The Morgan fingerprint density at radius 3 is 2.61 bits per heavy atom. The fraction of sp³-hybridized carbons (Fsp3) is 0.474. The van der Waals surface area contributed by atoms with Crippen molar-refractivity contribution in [3.8, 4) is 21.7 Å². The fourth-order valence-corrected chi connectivity index (χ4v) is 3.28. The molecule has 1 heterocycles. The van der Waals surface area contributed by atoms with Crippen molar-refractivity contribution in [3.63, 3.8) is 0 Å². The van der Waals surface area contributed by atoms with Crippen LogP contribution in [0.15, 0.2) is 30.5 Å². The maximum absolute atomic E-state index is 9.16. The summed E-state index contributed by atoms with van der Waals surface area (Å²) < 4.78 is 5.78. The number of unbranched alkanes of at least 4 members (excludes halogenated alkanes) is 6. The van der Waals surface area contributed by atoms with Gasteiger partial charge in [0, 0.05) is 5.56 Å². The lowest BCUT2D eigenvalue weighted by Gasteiger charge is -2.03. The van der Waals surface area contributed by atoms with E-state index in [2.05, 4.69) is 18.0 Å². The summed E-state index contributed by atoms with van der Waals surface area (Å²) in [5, 5.41) is 10.8. The Bertz CT molecular complexity index is 630. The molecule has 0 N–H and O–H groups in total. The Morgan fingerprint density at radius 2 is 1.83 bits per heavy atom. The Morgan fingerprint density at radius 1 is 1.09 bits per heavy atom. The molecule has 0 aliphatic rings. The first-order valence-electron chi connectivity index (χ1n) is 8.43. The van der Waals surface area contributed by atoms with Gasteiger partial charge in [0.1, 0.15) is 5.01 Å². The first kappa shape index (κ1) is 17.5. The monoisotopic (exact) mass is 328 g/mol. The van der Waals surface area contributed by atoms with Gasteiger partial charge in [-0.15, -0.1) is 0 Å². The molecular weight excluding hydrogens is 304 g/mol. The lowest BCUT2D eigenvalue weighted by Crippen LogP contribution is -1.95. The molecule has 23 heavy (non-hydrogen) atoms. The molecule has 2 rings (SSSR count). The Balaban J connectivity index is 1.74. The summed E-state index contributed by atoms with van der Waals surface area (Å²) >= 11 is 1.51. The smallest absolute Gasteiger partial charge is 0.194 e. The van der Waals surface area contributed by atoms with Gasteiger partial charge in [-0.1, -0.05) is 75.0 Å². The Kier molecular flexibility index (Phi) is 7.62. The lowest BCUT2D eigenvalue weighted by atomic mass is 10.1. The lowest BCUT2D eigenvalue weighted by molar-refractivity contribution is 0.312. The molecule has 3 nitrogen and oxygen atoms in total. The largest absolute Gasteiger partial charge is 0.483 e. The summed E-state index contributed by atoms with van der Waals surface area (Å²) in [6, 6.07) is 9.75. The van der Waals surface area contributed by atoms with Gasteiger partial charge in [0.15, 0.2) is 5.06 Å². The van der Waals surface area contributed by atoms with Crippen LogP contribution in [0.25, 0.3) is 10.6 Å². The molecule has 0 unspecified atom stereocenters. The van der Waals surface area contributed by atoms with Gasteiger partial charge in [0.25, 0.3) is 0 Å². The zero-order valence-electron chi connectivity index (χ0n) is 13.8. The average molecular weight is 328 g/mol. The first-order valence-corrected chi connectivity index (χ1v) is 9.25. The van der Waals surface area contributed by atoms with Crippen molar-refractivity contribution in [1.29, 1.82) is 5.26 Å². The van der Waals surface area contributed by atoms with E-state index in [1.165, 1.54) is 49.9 Å². The minimum atomic E-state index is 0.653. The number of thiazole rings is 1. The molecule has 1 aromatic heterocycles. The van der Waals surface area contributed by atoms with Crippen molar-refractivity contribution in [2.75, 3.05) is 6.61 Å². The van der Waals surface area contributed by atoms with Gasteiger partial charge in [-0.3, -0.25) is 0 Å². The van der Waals surface area contributed by atoms with Crippen LogP contribution in [0.4, 0.5) is 0 Å². The molecule has 0 fully saturated rings. The molecule has 2 aromatic rings. The van der Waals surface area contributed by atoms with Crippen LogP contribution in [0.3, 0.4) is 0 Å². The van der Waals surface area contributed by atoms with Gasteiger partial charge in [-0.2, -0.15) is 5.26 Å². The minimum absolute atomic E-state index is 0.653. The first-order chi connectivity index (χ1) is 11.3. The van der Waals surface area contributed by atoms with Gasteiger partial charge in [0.05, 0.1) is 24.4 Å². The van der Waals surface area contributed by atoms with Crippen LogP contribution in [0.2, 0.25) is 0 Å². The van der Waals surface area contributed by atoms with E-state index in [4.69, 9.17) is 10.00 Å². The van der Waals surface area contributed by atoms with Crippen molar-refractivity contribution in [2.24, 2.45) is 0 Å². The van der Waals surface area contributed by atoms with Crippen LogP contribution in [-0.4, -0.2) is 11.6 Å². The minimum Gasteiger partial charge on any atom is -0.483 e. The van der Waals surface area contributed by atoms with E-state index < -0.39 is 0 Å². The standard InChI is InChI=1S/C19H24N2OS/c1-2-3-4-5-6-7-10-13-22-18-15-21-19(23-18)17-12-9-8-11-16(17)14-20/h8-9,11-12,15H,2-7,10,13H2,1H3. The van der Waals surface area contributed by atoms with Crippen molar-refractivity contribution < 1.29 is 4.74 Å². The van der Waals surface area contributed by atoms with Crippen LogP contribution in [-0.2, 0) is 0 Å². The van der Waals surface area contributed by atoms with E-state index >= 15 is 0 Å². The maximum atomic E-state index is 9.16. The highest BCUT2D eigenvalue weighted by Gasteiger charge is 2.09. The summed E-state index contributed by atoms with van der Waals surface area (Å²) in [6.07, 6.45) is 10.7. The van der Waals surface area contributed by atoms with E-state index in [0.717, 1.165) is 28.7 Å². The van der Waals surface area contributed by atoms with Gasteiger partial charge in [-0.25, -0.2) is 4.98 Å². The second-order valence-corrected chi connectivity index (χ2v) is 6.60. The highest BCUT2D eigenvalue weighted by Crippen LogP contribution is 2.32. The molecule has 1 aromatic carbocycles. The van der Waals surface area contributed by atoms with E-state index in [1.807, 2.05) is 24.3 Å². The van der Waals surface area contributed by atoms with Gasteiger partial charge < -0.3 is 4.74 Å². The van der Waals surface area contributed by atoms with E-state index in [0.29, 0.717) is 5.56 Å². The number of hydrogen-bond acceptors (Lipinski definition) is 4. The number of rotatable bonds is 10. The molecule has 4 heteroatoms. The van der Waals surface area contributed by atoms with Gasteiger partial charge in [-0.05, 0) is 12.5 Å². The van der Waals surface area contributed by atoms with E-state index in [1.54, 1.807) is 6.20 Å². The number of aromatic nitrogens is 1. The summed E-state index contributed by atoms with van der Waals surface area (Å²) in [4.78, 5) is 4.39. The van der Waals surface area contributed by atoms with Crippen LogP contribution >= 0.6 is 11.3 Å². The molecule has 0 atom stereocenters. The summed E-state index contributed by atoms with van der Waals surface area (Å²) in [5.41, 5.74) is 1.53. The molecular formula is C19H24N2OS. The zero-order valence-corrected chi connectivity index (χ0v) is 14.6. The summed E-state index contributed by atoms with van der Waals surface area (Å²) in [5.74, 6) is 0. The molecule has 0 radical (unpaired) electrons. The summed E-state index contributed by atoms with van der Waals surface area (Å²) in [7, 11) is 0. The van der Waals surface area contributed by atoms with Crippen LogP contribution in [0.1, 0.15) is 57.4 Å². The molecule has 122 valence electrons. The zero-order chi connectivity index (χ0) is 16.3. The van der Waals surface area contributed by atoms with Crippen LogP contribution < -0.4 is 4.74 Å². The third kappa shape index (κ3) is 5.69. The van der Waals surface area contributed by atoms with E-state index in [-0.39, 0.29) is 0 Å². The quantitative estimate of drug-likeness (QED) is 0.517. The van der Waals surface area contributed by atoms with Crippen LogP contribution in [0, 0.1) is 11.3 Å². The van der Waals surface area contributed by atoms with Gasteiger partial charge >= 0.3 is 0 Å². The third-order valence-electron chi connectivity index (χ3n) is 3.75. The third-order valence-corrected chi connectivity index (χ3v) is 4.70. The van der Waals surface area contributed by atoms with E-state index in [9.17, 15) is 0 Å². The molecule has 0 aliphatic carbocycles. The summed E-state index contributed by atoms with van der Waals surface area (Å²) in [6.45, 7) is 2.99.